The predicted molar refractivity (Wildman–Crippen MR) is 95.8 cm³/mol. The van der Waals surface area contributed by atoms with Gasteiger partial charge in [0.05, 0.1) is 12.7 Å². The van der Waals surface area contributed by atoms with E-state index < -0.39 is 0 Å². The Morgan fingerprint density at radius 3 is 2.52 bits per heavy atom. The van der Waals surface area contributed by atoms with Gasteiger partial charge in [0.15, 0.2) is 0 Å². The maximum Gasteiger partial charge on any atom is 0.224 e. The molecule has 5 heteroatoms. The number of nitrogens with zero attached hydrogens (tertiary/aromatic N) is 1. The minimum absolute atomic E-state index is 0.0332. The highest BCUT2D eigenvalue weighted by molar-refractivity contribution is 5.81. The van der Waals surface area contributed by atoms with Crippen molar-refractivity contribution in [1.82, 2.24) is 10.2 Å². The van der Waals surface area contributed by atoms with Crippen molar-refractivity contribution in [3.8, 4) is 0 Å². The van der Waals surface area contributed by atoms with Crippen molar-refractivity contribution in [3.05, 3.63) is 35.9 Å². The number of rotatable bonds is 7. The van der Waals surface area contributed by atoms with Crippen LogP contribution in [0.4, 0.5) is 0 Å². The highest BCUT2D eigenvalue weighted by Crippen LogP contribution is 2.30. The summed E-state index contributed by atoms with van der Waals surface area (Å²) < 4.78 is 5.83. The van der Waals surface area contributed by atoms with E-state index in [9.17, 15) is 9.59 Å². The first kappa shape index (κ1) is 17.9. The molecule has 136 valence electrons. The molecule has 2 fully saturated rings. The quantitative estimate of drug-likeness (QED) is 0.827. The van der Waals surface area contributed by atoms with Crippen molar-refractivity contribution in [2.45, 2.75) is 51.2 Å². The Balaban J connectivity index is 1.27. The molecule has 5 nitrogen and oxygen atoms in total. The summed E-state index contributed by atoms with van der Waals surface area (Å²) in [6.07, 6.45) is 5.56. The fourth-order valence-corrected chi connectivity index (χ4v) is 3.44. The molecule has 1 saturated carbocycles. The zero-order chi connectivity index (χ0) is 17.5. The number of amides is 2. The van der Waals surface area contributed by atoms with Gasteiger partial charge in [0.25, 0.3) is 0 Å². The topological polar surface area (TPSA) is 58.6 Å². The molecule has 1 N–H and O–H groups in total. The van der Waals surface area contributed by atoms with Gasteiger partial charge < -0.3 is 15.0 Å². The van der Waals surface area contributed by atoms with Crippen molar-refractivity contribution in [1.29, 1.82) is 0 Å². The third-order valence-corrected chi connectivity index (χ3v) is 5.14. The SMILES string of the molecule is O=C(NCCC(=O)N1CCCCC1)C1CC(OCc2ccccc2)C1. The molecule has 1 aliphatic heterocycles. The number of carbonyl (C=O) groups excluding carboxylic acids is 2. The van der Waals surface area contributed by atoms with E-state index in [0.717, 1.165) is 44.3 Å². The molecule has 2 amide bonds. The van der Waals surface area contributed by atoms with Crippen LogP contribution in [0.15, 0.2) is 30.3 Å². The third kappa shape index (κ3) is 5.30. The van der Waals surface area contributed by atoms with E-state index in [0.29, 0.717) is 19.6 Å². The molecule has 2 aliphatic rings. The van der Waals surface area contributed by atoms with Gasteiger partial charge in [-0.2, -0.15) is 0 Å². The number of carbonyl (C=O) groups is 2. The molecule has 0 bridgehead atoms. The summed E-state index contributed by atoms with van der Waals surface area (Å²) in [6, 6.07) is 10.1. The summed E-state index contributed by atoms with van der Waals surface area (Å²) in [5.74, 6) is 0.259. The van der Waals surface area contributed by atoms with Gasteiger partial charge in [-0.15, -0.1) is 0 Å². The smallest absolute Gasteiger partial charge is 0.224 e. The van der Waals surface area contributed by atoms with E-state index in [4.69, 9.17) is 4.74 Å². The Morgan fingerprint density at radius 2 is 1.80 bits per heavy atom. The van der Waals surface area contributed by atoms with Crippen LogP contribution in [0.2, 0.25) is 0 Å². The van der Waals surface area contributed by atoms with Crippen LogP contribution in [0.1, 0.15) is 44.1 Å². The lowest BCUT2D eigenvalue weighted by molar-refractivity contribution is -0.135. The molecule has 0 atom stereocenters. The lowest BCUT2D eigenvalue weighted by Gasteiger charge is -2.34. The number of likely N-dealkylation sites (tertiary alicyclic amines) is 1. The van der Waals surface area contributed by atoms with Gasteiger partial charge in [-0.1, -0.05) is 30.3 Å². The van der Waals surface area contributed by atoms with Crippen LogP contribution in [0.3, 0.4) is 0 Å². The van der Waals surface area contributed by atoms with Gasteiger partial charge in [0, 0.05) is 32.0 Å². The van der Waals surface area contributed by atoms with E-state index in [1.54, 1.807) is 0 Å². The van der Waals surface area contributed by atoms with E-state index in [1.807, 2.05) is 35.2 Å². The van der Waals surface area contributed by atoms with Gasteiger partial charge in [0.2, 0.25) is 11.8 Å². The lowest BCUT2D eigenvalue weighted by atomic mass is 9.81. The number of hydrogen-bond donors (Lipinski definition) is 1. The highest BCUT2D eigenvalue weighted by Gasteiger charge is 2.35. The zero-order valence-corrected chi connectivity index (χ0v) is 14.8. The number of hydrogen-bond acceptors (Lipinski definition) is 3. The molecule has 1 heterocycles. The van der Waals surface area contributed by atoms with Gasteiger partial charge in [-0.25, -0.2) is 0 Å². The van der Waals surface area contributed by atoms with E-state index in [-0.39, 0.29) is 23.8 Å². The van der Waals surface area contributed by atoms with E-state index >= 15 is 0 Å². The van der Waals surface area contributed by atoms with Crippen molar-refractivity contribution < 1.29 is 14.3 Å². The van der Waals surface area contributed by atoms with Crippen molar-refractivity contribution in [2.24, 2.45) is 5.92 Å². The fraction of sp³-hybridized carbons (Fsp3) is 0.600. The molecule has 3 rings (SSSR count). The zero-order valence-electron chi connectivity index (χ0n) is 14.8. The average molecular weight is 344 g/mol. The van der Waals surface area contributed by atoms with Gasteiger partial charge in [-0.3, -0.25) is 9.59 Å². The first-order valence-electron chi connectivity index (χ1n) is 9.43. The van der Waals surface area contributed by atoms with Crippen molar-refractivity contribution in [2.75, 3.05) is 19.6 Å². The molecule has 0 aromatic heterocycles. The van der Waals surface area contributed by atoms with E-state index in [1.165, 1.54) is 6.42 Å². The van der Waals surface area contributed by atoms with E-state index in [2.05, 4.69) is 5.32 Å². The minimum atomic E-state index is 0.0332. The standard InChI is InChI=1S/C20H28N2O3/c23-19(22-11-5-2-6-12-22)9-10-21-20(24)17-13-18(14-17)25-15-16-7-3-1-4-8-16/h1,3-4,7-8,17-18H,2,5-6,9-15H2,(H,21,24). The Labute approximate surface area is 149 Å². The van der Waals surface area contributed by atoms with Crippen LogP contribution in [0.25, 0.3) is 0 Å². The Hall–Kier alpha value is -1.88. The van der Waals surface area contributed by atoms with Crippen molar-refractivity contribution >= 4 is 11.8 Å². The largest absolute Gasteiger partial charge is 0.373 e. The highest BCUT2D eigenvalue weighted by atomic mass is 16.5. The van der Waals surface area contributed by atoms with Crippen molar-refractivity contribution in [3.63, 3.8) is 0 Å². The maximum absolute atomic E-state index is 12.1. The molecule has 1 aliphatic carbocycles. The lowest BCUT2D eigenvalue weighted by Crippen LogP contribution is -2.43. The van der Waals surface area contributed by atoms with Crippen LogP contribution in [0.5, 0.6) is 0 Å². The first-order chi connectivity index (χ1) is 12.2. The monoisotopic (exact) mass is 344 g/mol. The van der Waals surface area contributed by atoms with Crippen LogP contribution >= 0.6 is 0 Å². The Morgan fingerprint density at radius 1 is 1.08 bits per heavy atom. The van der Waals surface area contributed by atoms with Gasteiger partial charge in [-0.05, 0) is 37.7 Å². The normalized spacial score (nSPS) is 23.0. The molecule has 0 unspecified atom stereocenters. The first-order valence-corrected chi connectivity index (χ1v) is 9.43. The molecule has 25 heavy (non-hydrogen) atoms. The summed E-state index contributed by atoms with van der Waals surface area (Å²) in [7, 11) is 0. The fourth-order valence-electron chi connectivity index (χ4n) is 3.44. The van der Waals surface area contributed by atoms with Gasteiger partial charge >= 0.3 is 0 Å². The summed E-state index contributed by atoms with van der Waals surface area (Å²) in [5, 5.41) is 2.91. The molecule has 0 spiro atoms. The number of piperidine rings is 1. The Kier molecular flexibility index (Phi) is 6.45. The third-order valence-electron chi connectivity index (χ3n) is 5.14. The minimum Gasteiger partial charge on any atom is -0.373 e. The summed E-state index contributed by atoms with van der Waals surface area (Å²) in [5.41, 5.74) is 1.16. The van der Waals surface area contributed by atoms with Crippen LogP contribution in [0, 0.1) is 5.92 Å². The number of nitrogens with one attached hydrogen (secondary N) is 1. The Bertz CT molecular complexity index is 564. The van der Waals surface area contributed by atoms with Crippen LogP contribution in [-0.4, -0.2) is 42.5 Å². The average Bonchev–Trinajstić information content (AvgIpc) is 2.62. The van der Waals surface area contributed by atoms with Gasteiger partial charge in [0.1, 0.15) is 0 Å². The second-order valence-corrected chi connectivity index (χ2v) is 7.07. The molecule has 1 aromatic rings. The summed E-state index contributed by atoms with van der Waals surface area (Å²) >= 11 is 0. The summed E-state index contributed by atoms with van der Waals surface area (Å²) in [4.78, 5) is 26.1. The number of benzene rings is 1. The second kappa shape index (κ2) is 8.99. The second-order valence-electron chi connectivity index (χ2n) is 7.07. The maximum atomic E-state index is 12.1. The molecule has 0 radical (unpaired) electrons. The number of ether oxygens (including phenoxy) is 1. The molecular formula is C20H28N2O3. The van der Waals surface area contributed by atoms with Crippen LogP contribution < -0.4 is 5.32 Å². The molecular weight excluding hydrogens is 316 g/mol. The molecule has 1 aromatic carbocycles. The predicted octanol–water partition coefficient (Wildman–Crippen LogP) is 2.50. The van der Waals surface area contributed by atoms with Crippen LogP contribution in [-0.2, 0) is 20.9 Å². The molecule has 1 saturated heterocycles. The summed E-state index contributed by atoms with van der Waals surface area (Å²) in [6.45, 7) is 2.79.